The van der Waals surface area contributed by atoms with Gasteiger partial charge in [-0.25, -0.2) is 0 Å². The first-order chi connectivity index (χ1) is 11.1. The molecule has 0 spiro atoms. The van der Waals surface area contributed by atoms with E-state index in [2.05, 4.69) is 19.1 Å². The topological polar surface area (TPSA) is 40.6 Å². The zero-order valence-corrected chi connectivity index (χ0v) is 14.1. The minimum absolute atomic E-state index is 0.0503. The van der Waals surface area contributed by atoms with E-state index in [0.717, 1.165) is 44.5 Å². The molecule has 0 N–H and O–H groups in total. The molecular weight excluding hydrogens is 288 g/mol. The fraction of sp³-hybridized carbons (Fsp3) is 0.579. The summed E-state index contributed by atoms with van der Waals surface area (Å²) in [6, 6.07) is 8.45. The molecule has 2 amide bonds. The molecule has 4 nitrogen and oxygen atoms in total. The van der Waals surface area contributed by atoms with E-state index >= 15 is 0 Å². The van der Waals surface area contributed by atoms with Crippen LogP contribution in [0.15, 0.2) is 24.3 Å². The maximum atomic E-state index is 13.0. The number of para-hydroxylation sites is 1. The largest absolute Gasteiger partial charge is 0.343 e. The summed E-state index contributed by atoms with van der Waals surface area (Å²) in [5, 5.41) is 0. The lowest BCUT2D eigenvalue weighted by Gasteiger charge is -2.34. The average Bonchev–Trinajstić information content (AvgIpc) is 2.90. The molecule has 2 heterocycles. The number of nitrogens with zero attached hydrogens (tertiary/aromatic N) is 2. The number of rotatable bonds is 3. The zero-order chi connectivity index (χ0) is 16.4. The fourth-order valence-electron chi connectivity index (χ4n) is 3.85. The molecule has 2 aliphatic rings. The first-order valence-corrected chi connectivity index (χ1v) is 8.80. The van der Waals surface area contributed by atoms with E-state index in [4.69, 9.17) is 0 Å². The quantitative estimate of drug-likeness (QED) is 0.860. The van der Waals surface area contributed by atoms with Gasteiger partial charge in [-0.05, 0) is 44.2 Å². The molecule has 1 fully saturated rings. The van der Waals surface area contributed by atoms with Crippen molar-refractivity contribution in [3.63, 3.8) is 0 Å². The van der Waals surface area contributed by atoms with Crippen LogP contribution < -0.4 is 4.90 Å². The molecule has 1 aromatic carbocycles. The Labute approximate surface area is 138 Å². The fourth-order valence-corrected chi connectivity index (χ4v) is 3.85. The van der Waals surface area contributed by atoms with E-state index in [-0.39, 0.29) is 23.8 Å². The molecule has 124 valence electrons. The summed E-state index contributed by atoms with van der Waals surface area (Å²) in [6.07, 6.45) is 4.03. The number of benzene rings is 1. The lowest BCUT2D eigenvalue weighted by Crippen LogP contribution is -2.46. The van der Waals surface area contributed by atoms with Crippen LogP contribution in [0.4, 0.5) is 5.69 Å². The lowest BCUT2D eigenvalue weighted by molar-refractivity contribution is -0.135. The number of carbonyl (C=O) groups excluding carboxylic acids is 2. The average molecular weight is 314 g/mol. The highest BCUT2D eigenvalue weighted by Crippen LogP contribution is 2.34. The Bertz CT molecular complexity index is 591. The van der Waals surface area contributed by atoms with Crippen LogP contribution in [0.2, 0.25) is 0 Å². The van der Waals surface area contributed by atoms with E-state index in [0.29, 0.717) is 6.42 Å². The molecule has 0 saturated carbocycles. The van der Waals surface area contributed by atoms with Crippen molar-refractivity contribution in [2.24, 2.45) is 5.92 Å². The minimum atomic E-state index is 0.0503. The molecule has 1 saturated heterocycles. The van der Waals surface area contributed by atoms with Crippen LogP contribution in [0.5, 0.6) is 0 Å². The van der Waals surface area contributed by atoms with Gasteiger partial charge in [-0.2, -0.15) is 0 Å². The molecule has 1 unspecified atom stereocenters. The highest BCUT2D eigenvalue weighted by atomic mass is 16.2. The molecule has 23 heavy (non-hydrogen) atoms. The monoisotopic (exact) mass is 314 g/mol. The van der Waals surface area contributed by atoms with Crippen molar-refractivity contribution in [3.8, 4) is 0 Å². The predicted molar refractivity (Wildman–Crippen MR) is 91.3 cm³/mol. The molecule has 0 bridgehead atoms. The SMILES string of the molecule is CCCC(=O)N1CCC(C(=O)N2c3ccccc3CC2C)CC1. The molecule has 4 heteroatoms. The second-order valence-corrected chi connectivity index (χ2v) is 6.80. The molecule has 0 radical (unpaired) electrons. The predicted octanol–water partition coefficient (Wildman–Crippen LogP) is 3.00. The summed E-state index contributed by atoms with van der Waals surface area (Å²) < 4.78 is 0. The van der Waals surface area contributed by atoms with Gasteiger partial charge in [0.2, 0.25) is 11.8 Å². The van der Waals surface area contributed by atoms with Gasteiger partial charge in [0, 0.05) is 37.2 Å². The normalized spacial score (nSPS) is 21.4. The Morgan fingerprint density at radius 3 is 2.57 bits per heavy atom. The molecule has 0 aliphatic carbocycles. The van der Waals surface area contributed by atoms with Gasteiger partial charge in [-0.1, -0.05) is 25.1 Å². The third-order valence-electron chi connectivity index (χ3n) is 5.11. The number of piperidine rings is 1. The lowest BCUT2D eigenvalue weighted by atomic mass is 9.94. The summed E-state index contributed by atoms with van der Waals surface area (Å²) in [5.74, 6) is 0.526. The second kappa shape index (κ2) is 6.73. The van der Waals surface area contributed by atoms with E-state index in [9.17, 15) is 9.59 Å². The molecule has 1 aromatic rings. The van der Waals surface area contributed by atoms with Crippen LogP contribution in [-0.4, -0.2) is 35.8 Å². The van der Waals surface area contributed by atoms with E-state index in [1.54, 1.807) is 0 Å². The van der Waals surface area contributed by atoms with Gasteiger partial charge in [-0.15, -0.1) is 0 Å². The molecule has 1 atom stereocenters. The number of fused-ring (bicyclic) bond motifs is 1. The summed E-state index contributed by atoms with van der Waals surface area (Å²) in [4.78, 5) is 28.9. The van der Waals surface area contributed by atoms with Gasteiger partial charge in [0.25, 0.3) is 0 Å². The first-order valence-electron chi connectivity index (χ1n) is 8.80. The van der Waals surface area contributed by atoms with Gasteiger partial charge in [-0.3, -0.25) is 9.59 Å². The highest BCUT2D eigenvalue weighted by molar-refractivity contribution is 5.97. The second-order valence-electron chi connectivity index (χ2n) is 6.80. The number of likely N-dealkylation sites (tertiary alicyclic amines) is 1. The van der Waals surface area contributed by atoms with Crippen molar-refractivity contribution in [2.45, 2.75) is 52.0 Å². The number of anilines is 1. The maximum absolute atomic E-state index is 13.0. The van der Waals surface area contributed by atoms with Gasteiger partial charge in [0.05, 0.1) is 0 Å². The zero-order valence-electron chi connectivity index (χ0n) is 14.1. The van der Waals surface area contributed by atoms with Crippen LogP contribution >= 0.6 is 0 Å². The molecule has 3 rings (SSSR count). The number of amides is 2. The number of hydrogen-bond acceptors (Lipinski definition) is 2. The molecular formula is C19H26N2O2. The Hall–Kier alpha value is -1.84. The van der Waals surface area contributed by atoms with Crippen molar-refractivity contribution in [1.82, 2.24) is 4.90 Å². The number of hydrogen-bond donors (Lipinski definition) is 0. The molecule has 0 aromatic heterocycles. The Morgan fingerprint density at radius 1 is 1.17 bits per heavy atom. The van der Waals surface area contributed by atoms with Crippen molar-refractivity contribution >= 4 is 17.5 Å². The first kappa shape index (κ1) is 16.0. The number of carbonyl (C=O) groups is 2. The Morgan fingerprint density at radius 2 is 1.87 bits per heavy atom. The van der Waals surface area contributed by atoms with E-state index < -0.39 is 0 Å². The third kappa shape index (κ3) is 3.12. The molecule has 2 aliphatic heterocycles. The summed E-state index contributed by atoms with van der Waals surface area (Å²) in [5.41, 5.74) is 2.35. The van der Waals surface area contributed by atoms with Gasteiger partial charge < -0.3 is 9.80 Å². The Balaban J connectivity index is 1.65. The standard InChI is InChI=1S/C19H26N2O2/c1-3-6-18(22)20-11-9-15(10-12-20)19(23)21-14(2)13-16-7-4-5-8-17(16)21/h4-5,7-8,14-15H,3,6,9-13H2,1-2H3. The smallest absolute Gasteiger partial charge is 0.230 e. The van der Waals surface area contributed by atoms with E-state index in [1.165, 1.54) is 5.56 Å². The Kier molecular flexibility index (Phi) is 4.69. The third-order valence-corrected chi connectivity index (χ3v) is 5.11. The van der Waals surface area contributed by atoms with Gasteiger partial charge >= 0.3 is 0 Å². The summed E-state index contributed by atoms with van der Waals surface area (Å²) >= 11 is 0. The highest BCUT2D eigenvalue weighted by Gasteiger charge is 2.36. The van der Waals surface area contributed by atoms with Crippen LogP contribution in [0, 0.1) is 5.92 Å². The van der Waals surface area contributed by atoms with Crippen molar-refractivity contribution in [1.29, 1.82) is 0 Å². The van der Waals surface area contributed by atoms with Gasteiger partial charge in [0.1, 0.15) is 0 Å². The van der Waals surface area contributed by atoms with Crippen LogP contribution in [-0.2, 0) is 16.0 Å². The van der Waals surface area contributed by atoms with Crippen molar-refractivity contribution in [2.75, 3.05) is 18.0 Å². The maximum Gasteiger partial charge on any atom is 0.230 e. The van der Waals surface area contributed by atoms with Crippen LogP contribution in [0.1, 0.15) is 45.1 Å². The van der Waals surface area contributed by atoms with Crippen molar-refractivity contribution < 1.29 is 9.59 Å². The summed E-state index contributed by atoms with van der Waals surface area (Å²) in [6.45, 7) is 5.59. The van der Waals surface area contributed by atoms with Crippen LogP contribution in [0.3, 0.4) is 0 Å². The van der Waals surface area contributed by atoms with Crippen LogP contribution in [0.25, 0.3) is 0 Å². The minimum Gasteiger partial charge on any atom is -0.343 e. The van der Waals surface area contributed by atoms with E-state index in [1.807, 2.05) is 28.9 Å². The van der Waals surface area contributed by atoms with Crippen molar-refractivity contribution in [3.05, 3.63) is 29.8 Å². The van der Waals surface area contributed by atoms with Gasteiger partial charge in [0.15, 0.2) is 0 Å². The summed E-state index contributed by atoms with van der Waals surface area (Å²) in [7, 11) is 0.